The van der Waals surface area contributed by atoms with Crippen LogP contribution < -0.4 is 0 Å². The Morgan fingerprint density at radius 3 is 2.41 bits per heavy atom. The zero-order valence-electron chi connectivity index (χ0n) is 10.4. The average molecular weight is 236 g/mol. The predicted molar refractivity (Wildman–Crippen MR) is 67.0 cm³/mol. The van der Waals surface area contributed by atoms with Crippen LogP contribution in [0, 0.1) is 23.7 Å². The molecule has 0 heterocycles. The summed E-state index contributed by atoms with van der Waals surface area (Å²) in [6.07, 6.45) is 6.65. The highest BCUT2D eigenvalue weighted by molar-refractivity contribution is 5.68. The molecule has 0 aliphatic heterocycles. The number of methoxy groups -OCH3 is 1. The van der Waals surface area contributed by atoms with Crippen molar-refractivity contribution in [1.29, 1.82) is 0 Å². The Kier molecular flexibility index (Phi) is 11.5. The lowest BCUT2D eigenvalue weighted by Crippen LogP contribution is -1.99. The van der Waals surface area contributed by atoms with Gasteiger partial charge >= 0.3 is 5.97 Å². The first-order valence-corrected chi connectivity index (χ1v) is 5.94. The fraction of sp³-hybridized carbons (Fsp3) is 0.643. The van der Waals surface area contributed by atoms with Gasteiger partial charge in [0, 0.05) is 12.8 Å². The number of aliphatic hydroxyl groups excluding tert-OH is 1. The number of unbranched alkanes of at least 4 members (excludes halogenated alkanes) is 5. The second-order valence-corrected chi connectivity index (χ2v) is 3.61. The van der Waals surface area contributed by atoms with Gasteiger partial charge in [-0.1, -0.05) is 31.1 Å². The molecule has 0 saturated carbocycles. The number of rotatable bonds is 7. The minimum absolute atomic E-state index is 0.127. The summed E-state index contributed by atoms with van der Waals surface area (Å²) >= 11 is 0. The molecule has 94 valence electrons. The third-order valence-corrected chi connectivity index (χ3v) is 2.23. The number of carbonyl (C=O) groups excluding carboxylic acids is 1. The van der Waals surface area contributed by atoms with Crippen molar-refractivity contribution in [3.8, 4) is 23.7 Å². The maximum atomic E-state index is 10.8. The molecule has 0 atom stereocenters. The van der Waals surface area contributed by atoms with Crippen molar-refractivity contribution < 1.29 is 14.6 Å². The summed E-state index contributed by atoms with van der Waals surface area (Å²) in [5.74, 6) is 10.5. The van der Waals surface area contributed by atoms with E-state index in [2.05, 4.69) is 28.4 Å². The zero-order valence-corrected chi connectivity index (χ0v) is 10.4. The van der Waals surface area contributed by atoms with Crippen LogP contribution in [0.4, 0.5) is 0 Å². The molecule has 0 unspecified atom stereocenters. The summed E-state index contributed by atoms with van der Waals surface area (Å²) in [4.78, 5) is 10.8. The molecule has 0 radical (unpaired) electrons. The minimum Gasteiger partial charge on any atom is -0.469 e. The van der Waals surface area contributed by atoms with Gasteiger partial charge in [-0.3, -0.25) is 4.79 Å². The van der Waals surface area contributed by atoms with E-state index in [1.54, 1.807) is 0 Å². The fourth-order valence-corrected chi connectivity index (χ4v) is 1.31. The van der Waals surface area contributed by atoms with Gasteiger partial charge in [-0.2, -0.15) is 0 Å². The summed E-state index contributed by atoms with van der Waals surface area (Å²) in [5.41, 5.74) is 0. The van der Waals surface area contributed by atoms with Crippen LogP contribution in [0.1, 0.15) is 44.9 Å². The topological polar surface area (TPSA) is 46.5 Å². The Morgan fingerprint density at radius 2 is 1.71 bits per heavy atom. The first-order valence-electron chi connectivity index (χ1n) is 5.94. The predicted octanol–water partition coefficient (Wildman–Crippen LogP) is 1.89. The summed E-state index contributed by atoms with van der Waals surface area (Å²) in [5, 5.41) is 8.37. The van der Waals surface area contributed by atoms with Gasteiger partial charge < -0.3 is 9.84 Å². The third-order valence-electron chi connectivity index (χ3n) is 2.23. The van der Waals surface area contributed by atoms with Crippen LogP contribution in [0.15, 0.2) is 0 Å². The van der Waals surface area contributed by atoms with Crippen molar-refractivity contribution in [3.63, 3.8) is 0 Å². The quantitative estimate of drug-likeness (QED) is 0.417. The van der Waals surface area contributed by atoms with E-state index < -0.39 is 0 Å². The van der Waals surface area contributed by atoms with E-state index in [0.717, 1.165) is 38.5 Å². The molecule has 0 aromatic rings. The number of esters is 1. The van der Waals surface area contributed by atoms with Gasteiger partial charge in [0.15, 0.2) is 0 Å². The molecule has 0 bridgehead atoms. The average Bonchev–Trinajstić information content (AvgIpc) is 2.35. The number of carbonyl (C=O) groups is 1. The van der Waals surface area contributed by atoms with E-state index in [4.69, 9.17) is 5.11 Å². The smallest absolute Gasteiger partial charge is 0.305 e. The molecule has 17 heavy (non-hydrogen) atoms. The maximum Gasteiger partial charge on any atom is 0.305 e. The molecule has 1 N–H and O–H groups in total. The van der Waals surface area contributed by atoms with Crippen LogP contribution in [0.25, 0.3) is 0 Å². The van der Waals surface area contributed by atoms with Gasteiger partial charge in [0.1, 0.15) is 6.61 Å². The van der Waals surface area contributed by atoms with Gasteiger partial charge in [-0.15, -0.1) is 0 Å². The normalized spacial score (nSPS) is 8.59. The lowest BCUT2D eigenvalue weighted by atomic mass is 10.1. The second kappa shape index (κ2) is 12.6. The number of hydrogen-bond acceptors (Lipinski definition) is 3. The first-order chi connectivity index (χ1) is 8.31. The standard InChI is InChI=1S/C14H20O3/c1-17-14(16)12-10-8-6-4-2-3-5-7-9-11-13-15/h15H,2-4,6,8,10,12-13H2,1H3. The van der Waals surface area contributed by atoms with Crippen LogP contribution in [0.2, 0.25) is 0 Å². The first kappa shape index (κ1) is 15.6. The Balaban J connectivity index is 3.23. The van der Waals surface area contributed by atoms with Crippen LogP contribution >= 0.6 is 0 Å². The van der Waals surface area contributed by atoms with E-state index in [1.165, 1.54) is 7.11 Å². The monoisotopic (exact) mass is 236 g/mol. The van der Waals surface area contributed by atoms with Gasteiger partial charge in [-0.05, 0) is 24.7 Å². The van der Waals surface area contributed by atoms with Crippen molar-refractivity contribution in [2.24, 2.45) is 0 Å². The molecule has 0 amide bonds. The van der Waals surface area contributed by atoms with Crippen LogP contribution in [-0.2, 0) is 9.53 Å². The van der Waals surface area contributed by atoms with Gasteiger partial charge in [0.05, 0.1) is 7.11 Å². The summed E-state index contributed by atoms with van der Waals surface area (Å²) in [7, 11) is 1.42. The molecule has 0 spiro atoms. The Hall–Kier alpha value is -1.45. The lowest BCUT2D eigenvalue weighted by Gasteiger charge is -1.99. The van der Waals surface area contributed by atoms with Crippen LogP contribution in [0.5, 0.6) is 0 Å². The highest BCUT2D eigenvalue weighted by Crippen LogP contribution is 2.07. The van der Waals surface area contributed by atoms with Crippen LogP contribution in [-0.4, -0.2) is 24.8 Å². The largest absolute Gasteiger partial charge is 0.469 e. The van der Waals surface area contributed by atoms with Gasteiger partial charge in [0.25, 0.3) is 0 Å². The molecule has 0 fully saturated rings. The summed E-state index contributed by atoms with van der Waals surface area (Å²) in [6, 6.07) is 0. The van der Waals surface area contributed by atoms with E-state index in [0.29, 0.717) is 6.42 Å². The van der Waals surface area contributed by atoms with Crippen molar-refractivity contribution in [2.45, 2.75) is 44.9 Å². The molecule has 3 heteroatoms. The van der Waals surface area contributed by atoms with Crippen LogP contribution in [0.3, 0.4) is 0 Å². The van der Waals surface area contributed by atoms with Crippen molar-refractivity contribution in [3.05, 3.63) is 0 Å². The van der Waals surface area contributed by atoms with Crippen molar-refractivity contribution in [1.82, 2.24) is 0 Å². The number of aliphatic hydroxyl groups is 1. The number of hydrogen-bond donors (Lipinski definition) is 1. The molecule has 0 aliphatic rings. The SMILES string of the molecule is COC(=O)CCCCCCCC#CC#CCO. The Morgan fingerprint density at radius 1 is 1.06 bits per heavy atom. The lowest BCUT2D eigenvalue weighted by molar-refractivity contribution is -0.140. The molecular weight excluding hydrogens is 216 g/mol. The van der Waals surface area contributed by atoms with E-state index in [9.17, 15) is 4.79 Å². The Bertz CT molecular complexity index is 312. The minimum atomic E-state index is -0.130. The number of ether oxygens (including phenoxy) is 1. The maximum absolute atomic E-state index is 10.8. The molecule has 0 aromatic heterocycles. The van der Waals surface area contributed by atoms with Gasteiger partial charge in [0.2, 0.25) is 0 Å². The molecule has 0 rings (SSSR count). The molecular formula is C14H20O3. The fourth-order valence-electron chi connectivity index (χ4n) is 1.31. The van der Waals surface area contributed by atoms with Crippen molar-refractivity contribution in [2.75, 3.05) is 13.7 Å². The molecule has 0 aliphatic carbocycles. The highest BCUT2D eigenvalue weighted by atomic mass is 16.5. The molecule has 3 nitrogen and oxygen atoms in total. The van der Waals surface area contributed by atoms with E-state index >= 15 is 0 Å². The van der Waals surface area contributed by atoms with E-state index in [-0.39, 0.29) is 12.6 Å². The van der Waals surface area contributed by atoms with Crippen molar-refractivity contribution >= 4 is 5.97 Å². The van der Waals surface area contributed by atoms with Gasteiger partial charge in [-0.25, -0.2) is 0 Å². The Labute approximate surface area is 104 Å². The summed E-state index contributed by atoms with van der Waals surface area (Å²) < 4.78 is 4.55. The second-order valence-electron chi connectivity index (χ2n) is 3.61. The van der Waals surface area contributed by atoms with E-state index in [1.807, 2.05) is 0 Å². The molecule has 0 aromatic carbocycles. The molecule has 0 saturated heterocycles. The zero-order chi connectivity index (χ0) is 12.8. The summed E-state index contributed by atoms with van der Waals surface area (Å²) in [6.45, 7) is -0.130. The third kappa shape index (κ3) is 12.5. The highest BCUT2D eigenvalue weighted by Gasteiger charge is 1.98.